The summed E-state index contributed by atoms with van der Waals surface area (Å²) >= 11 is 1.56. The first-order valence-corrected chi connectivity index (χ1v) is 9.80. The van der Waals surface area contributed by atoms with Gasteiger partial charge in [-0.1, -0.05) is 36.4 Å². The van der Waals surface area contributed by atoms with Gasteiger partial charge in [0.15, 0.2) is 0 Å². The van der Waals surface area contributed by atoms with Gasteiger partial charge in [-0.15, -0.1) is 0 Å². The standard InChI is InChI=1S/C20H27NO2S/c1-15-8-10-18(11-9-15)16(2)13-23-17(3)19-7-5-6-12-21(19)20(22)14-24-4/h8-11,13,19H,3,5-7,12,14H2,1-2,4H3/b16-13+. The van der Waals surface area contributed by atoms with Crippen molar-refractivity contribution < 1.29 is 9.53 Å². The van der Waals surface area contributed by atoms with Crippen molar-refractivity contribution in [1.82, 2.24) is 4.90 Å². The van der Waals surface area contributed by atoms with E-state index in [9.17, 15) is 4.79 Å². The zero-order chi connectivity index (χ0) is 17.5. The van der Waals surface area contributed by atoms with Crippen LogP contribution in [-0.4, -0.2) is 35.4 Å². The third kappa shape index (κ3) is 4.91. The second kappa shape index (κ2) is 8.97. The van der Waals surface area contributed by atoms with Gasteiger partial charge in [-0.2, -0.15) is 11.8 Å². The van der Waals surface area contributed by atoms with Crippen LogP contribution in [0.1, 0.15) is 37.3 Å². The first kappa shape index (κ1) is 18.7. The lowest BCUT2D eigenvalue weighted by Crippen LogP contribution is -2.45. The molecule has 0 radical (unpaired) electrons. The summed E-state index contributed by atoms with van der Waals surface area (Å²) in [6.07, 6.45) is 6.80. The SMILES string of the molecule is C=C(O/C=C(\C)c1ccc(C)cc1)C1CCCCN1C(=O)CSC. The van der Waals surface area contributed by atoms with Crippen molar-refractivity contribution in [3.8, 4) is 0 Å². The van der Waals surface area contributed by atoms with Crippen molar-refractivity contribution in [3.05, 3.63) is 54.0 Å². The summed E-state index contributed by atoms with van der Waals surface area (Å²) in [4.78, 5) is 14.2. The van der Waals surface area contributed by atoms with E-state index in [0.717, 1.165) is 36.9 Å². The number of hydrogen-bond acceptors (Lipinski definition) is 3. The number of carbonyl (C=O) groups is 1. The maximum atomic E-state index is 12.3. The van der Waals surface area contributed by atoms with Crippen LogP contribution in [0.3, 0.4) is 0 Å². The number of benzene rings is 1. The molecular weight excluding hydrogens is 318 g/mol. The first-order chi connectivity index (χ1) is 11.5. The fourth-order valence-corrected chi connectivity index (χ4v) is 3.31. The number of amides is 1. The molecule has 0 aliphatic carbocycles. The van der Waals surface area contributed by atoms with Crippen LogP contribution in [-0.2, 0) is 9.53 Å². The normalized spacial score (nSPS) is 18.4. The number of aryl methyl sites for hydroxylation is 1. The Hall–Kier alpha value is -1.68. The van der Waals surface area contributed by atoms with E-state index in [-0.39, 0.29) is 11.9 Å². The van der Waals surface area contributed by atoms with Crippen LogP contribution in [0.15, 0.2) is 42.9 Å². The van der Waals surface area contributed by atoms with Crippen molar-refractivity contribution in [2.45, 2.75) is 39.2 Å². The summed E-state index contributed by atoms with van der Waals surface area (Å²) in [6, 6.07) is 8.34. The summed E-state index contributed by atoms with van der Waals surface area (Å²) in [5.74, 6) is 1.36. The van der Waals surface area contributed by atoms with Gasteiger partial charge in [-0.3, -0.25) is 4.79 Å². The van der Waals surface area contributed by atoms with E-state index in [2.05, 4.69) is 37.8 Å². The molecule has 1 fully saturated rings. The molecule has 4 heteroatoms. The molecular formula is C20H27NO2S. The van der Waals surface area contributed by atoms with Crippen LogP contribution in [0.2, 0.25) is 0 Å². The monoisotopic (exact) mass is 345 g/mol. The van der Waals surface area contributed by atoms with E-state index in [4.69, 9.17) is 4.74 Å². The van der Waals surface area contributed by atoms with Gasteiger partial charge in [0.1, 0.15) is 5.76 Å². The van der Waals surface area contributed by atoms with Crippen molar-refractivity contribution >= 4 is 23.2 Å². The molecule has 1 aliphatic heterocycles. The van der Waals surface area contributed by atoms with E-state index in [1.807, 2.05) is 18.1 Å². The van der Waals surface area contributed by atoms with E-state index < -0.39 is 0 Å². The molecule has 1 aromatic carbocycles. The molecule has 2 rings (SSSR count). The maximum Gasteiger partial charge on any atom is 0.233 e. The minimum atomic E-state index is -0.0135. The van der Waals surface area contributed by atoms with Gasteiger partial charge in [0, 0.05) is 6.54 Å². The molecule has 1 saturated heterocycles. The van der Waals surface area contributed by atoms with Gasteiger partial charge in [0.2, 0.25) is 5.91 Å². The van der Waals surface area contributed by atoms with E-state index in [1.165, 1.54) is 5.56 Å². The zero-order valence-electron chi connectivity index (χ0n) is 14.9. The number of ether oxygens (including phenoxy) is 1. The molecule has 130 valence electrons. The lowest BCUT2D eigenvalue weighted by molar-refractivity contribution is -0.131. The van der Waals surface area contributed by atoms with Crippen molar-refractivity contribution in [3.63, 3.8) is 0 Å². The third-order valence-corrected chi connectivity index (χ3v) is 4.89. The van der Waals surface area contributed by atoms with Crippen LogP contribution in [0, 0.1) is 6.92 Å². The van der Waals surface area contributed by atoms with Crippen molar-refractivity contribution in [1.29, 1.82) is 0 Å². The van der Waals surface area contributed by atoms with E-state index in [0.29, 0.717) is 11.5 Å². The maximum absolute atomic E-state index is 12.3. The van der Waals surface area contributed by atoms with Crippen molar-refractivity contribution in [2.75, 3.05) is 18.6 Å². The number of carbonyl (C=O) groups excluding carboxylic acids is 1. The second-order valence-corrected chi connectivity index (χ2v) is 7.15. The number of piperidine rings is 1. The van der Waals surface area contributed by atoms with Crippen LogP contribution in [0.25, 0.3) is 5.57 Å². The highest BCUT2D eigenvalue weighted by Crippen LogP contribution is 2.25. The Morgan fingerprint density at radius 2 is 2.08 bits per heavy atom. The molecule has 0 saturated carbocycles. The Kier molecular flexibility index (Phi) is 6.98. The third-order valence-electron chi connectivity index (χ3n) is 4.36. The van der Waals surface area contributed by atoms with Crippen LogP contribution in [0.4, 0.5) is 0 Å². The molecule has 0 N–H and O–H groups in total. The Morgan fingerprint density at radius 1 is 1.38 bits per heavy atom. The van der Waals surface area contributed by atoms with Gasteiger partial charge < -0.3 is 9.64 Å². The molecule has 0 spiro atoms. The van der Waals surface area contributed by atoms with E-state index >= 15 is 0 Å². The summed E-state index contributed by atoms with van der Waals surface area (Å²) < 4.78 is 5.83. The average molecular weight is 346 g/mol. The topological polar surface area (TPSA) is 29.5 Å². The smallest absolute Gasteiger partial charge is 0.233 e. The van der Waals surface area contributed by atoms with Crippen molar-refractivity contribution in [2.24, 2.45) is 0 Å². The number of nitrogens with zero attached hydrogens (tertiary/aromatic N) is 1. The minimum absolute atomic E-state index is 0.0135. The molecule has 0 bridgehead atoms. The predicted molar refractivity (Wildman–Crippen MR) is 103 cm³/mol. The van der Waals surface area contributed by atoms with Crippen LogP contribution in [0.5, 0.6) is 0 Å². The summed E-state index contributed by atoms with van der Waals surface area (Å²) in [5, 5.41) is 0. The lowest BCUT2D eigenvalue weighted by Gasteiger charge is -2.36. The molecule has 1 amide bonds. The second-order valence-electron chi connectivity index (χ2n) is 6.28. The van der Waals surface area contributed by atoms with E-state index in [1.54, 1.807) is 18.0 Å². The minimum Gasteiger partial charge on any atom is -0.467 e. The van der Waals surface area contributed by atoms with Gasteiger partial charge in [-0.05, 0) is 50.5 Å². The fraction of sp³-hybridized carbons (Fsp3) is 0.450. The molecule has 3 nitrogen and oxygen atoms in total. The Balaban J connectivity index is 2.02. The highest BCUT2D eigenvalue weighted by Gasteiger charge is 2.29. The number of hydrogen-bond donors (Lipinski definition) is 0. The van der Waals surface area contributed by atoms with Gasteiger partial charge in [0.05, 0.1) is 18.1 Å². The number of thioether (sulfide) groups is 1. The highest BCUT2D eigenvalue weighted by atomic mass is 32.2. The molecule has 0 aromatic heterocycles. The molecule has 1 aromatic rings. The first-order valence-electron chi connectivity index (χ1n) is 8.40. The van der Waals surface area contributed by atoms with Gasteiger partial charge in [-0.25, -0.2) is 0 Å². The Labute approximate surface area is 149 Å². The summed E-state index contributed by atoms with van der Waals surface area (Å²) in [7, 11) is 0. The zero-order valence-corrected chi connectivity index (χ0v) is 15.7. The predicted octanol–water partition coefficient (Wildman–Crippen LogP) is 4.63. The summed E-state index contributed by atoms with van der Waals surface area (Å²) in [6.45, 7) is 8.98. The molecule has 1 unspecified atom stereocenters. The highest BCUT2D eigenvalue weighted by molar-refractivity contribution is 7.99. The largest absolute Gasteiger partial charge is 0.467 e. The van der Waals surface area contributed by atoms with Gasteiger partial charge >= 0.3 is 0 Å². The lowest BCUT2D eigenvalue weighted by atomic mass is 10.0. The quantitative estimate of drug-likeness (QED) is 0.704. The molecule has 1 heterocycles. The summed E-state index contributed by atoms with van der Waals surface area (Å²) in [5.41, 5.74) is 3.42. The Bertz CT molecular complexity index is 607. The Morgan fingerprint density at radius 3 is 2.75 bits per heavy atom. The number of rotatable bonds is 6. The van der Waals surface area contributed by atoms with Crippen LogP contribution < -0.4 is 0 Å². The number of allylic oxidation sites excluding steroid dienone is 1. The van der Waals surface area contributed by atoms with Gasteiger partial charge in [0.25, 0.3) is 0 Å². The van der Waals surface area contributed by atoms with Crippen LogP contribution >= 0.6 is 11.8 Å². The molecule has 1 atom stereocenters. The average Bonchev–Trinajstić information content (AvgIpc) is 2.60. The molecule has 1 aliphatic rings. The number of likely N-dealkylation sites (tertiary alicyclic amines) is 1. The fourth-order valence-electron chi connectivity index (χ4n) is 2.90. The molecule has 24 heavy (non-hydrogen) atoms.